The van der Waals surface area contributed by atoms with E-state index in [0.717, 1.165) is 22.2 Å². The molecule has 1 unspecified atom stereocenters. The van der Waals surface area contributed by atoms with Gasteiger partial charge >= 0.3 is 0 Å². The summed E-state index contributed by atoms with van der Waals surface area (Å²) in [5, 5.41) is 10.8. The molecule has 0 aliphatic carbocycles. The van der Waals surface area contributed by atoms with Crippen LogP contribution in [0.1, 0.15) is 24.2 Å². The first-order chi connectivity index (χ1) is 13.1. The van der Waals surface area contributed by atoms with E-state index in [1.807, 2.05) is 59.5 Å². The Labute approximate surface area is 163 Å². The molecule has 2 atom stereocenters. The Morgan fingerprint density at radius 2 is 1.59 bits per heavy atom. The normalized spacial score (nSPS) is 20.1. The van der Waals surface area contributed by atoms with Crippen LogP contribution in [0, 0.1) is 0 Å². The Hall–Kier alpha value is -2.66. The van der Waals surface area contributed by atoms with Crippen molar-refractivity contribution in [3.63, 3.8) is 0 Å². The van der Waals surface area contributed by atoms with Gasteiger partial charge in [-0.25, -0.2) is 0 Å². The Balaban J connectivity index is 1.64. The van der Waals surface area contributed by atoms with E-state index in [4.69, 9.17) is 11.6 Å². The first-order valence-electron chi connectivity index (χ1n) is 9.10. The van der Waals surface area contributed by atoms with Crippen molar-refractivity contribution in [1.82, 2.24) is 15.1 Å². The summed E-state index contributed by atoms with van der Waals surface area (Å²) in [7, 11) is 0. The molecule has 0 spiro atoms. The molecule has 1 aromatic heterocycles. The summed E-state index contributed by atoms with van der Waals surface area (Å²) in [6.07, 6.45) is 0. The zero-order chi connectivity index (χ0) is 19.0. The third kappa shape index (κ3) is 3.23. The molecule has 0 saturated carbocycles. The Morgan fingerprint density at radius 1 is 0.926 bits per heavy atom. The van der Waals surface area contributed by atoms with Crippen molar-refractivity contribution in [3.05, 3.63) is 65.3 Å². The van der Waals surface area contributed by atoms with E-state index >= 15 is 0 Å². The van der Waals surface area contributed by atoms with Crippen LogP contribution in [0.2, 0.25) is 5.15 Å². The highest BCUT2D eigenvalue weighted by atomic mass is 35.5. The highest BCUT2D eigenvalue weighted by molar-refractivity contribution is 6.34. The van der Waals surface area contributed by atoms with Crippen molar-refractivity contribution in [1.29, 1.82) is 0 Å². The summed E-state index contributed by atoms with van der Waals surface area (Å²) in [4.78, 5) is 17.1. The van der Waals surface area contributed by atoms with Crippen molar-refractivity contribution in [2.75, 3.05) is 18.0 Å². The molecule has 5 nitrogen and oxygen atoms in total. The molecule has 1 aliphatic heterocycles. The predicted molar refractivity (Wildman–Crippen MR) is 108 cm³/mol. The molecular weight excluding hydrogens is 360 g/mol. The lowest BCUT2D eigenvalue weighted by Gasteiger charge is -2.44. The van der Waals surface area contributed by atoms with Crippen molar-refractivity contribution >= 4 is 34.1 Å². The number of piperazine rings is 1. The van der Waals surface area contributed by atoms with Gasteiger partial charge in [0.2, 0.25) is 0 Å². The molecule has 138 valence electrons. The zero-order valence-corrected chi connectivity index (χ0v) is 16.1. The fourth-order valence-corrected chi connectivity index (χ4v) is 3.92. The van der Waals surface area contributed by atoms with Gasteiger partial charge in [-0.15, -0.1) is 10.2 Å². The van der Waals surface area contributed by atoms with Crippen LogP contribution < -0.4 is 4.90 Å². The van der Waals surface area contributed by atoms with Crippen LogP contribution in [0.4, 0.5) is 5.82 Å². The molecule has 4 rings (SSSR count). The molecule has 1 saturated heterocycles. The molecule has 6 heteroatoms. The predicted octanol–water partition coefficient (Wildman–Crippen LogP) is 4.02. The summed E-state index contributed by atoms with van der Waals surface area (Å²) >= 11 is 6.22. The van der Waals surface area contributed by atoms with Crippen LogP contribution in [-0.2, 0) is 0 Å². The number of halogens is 1. The van der Waals surface area contributed by atoms with Gasteiger partial charge in [0.05, 0.1) is 0 Å². The van der Waals surface area contributed by atoms with Gasteiger partial charge in [0, 0.05) is 41.5 Å². The van der Waals surface area contributed by atoms with Crippen LogP contribution in [-0.4, -0.2) is 46.2 Å². The minimum absolute atomic E-state index is 0.0603. The van der Waals surface area contributed by atoms with E-state index < -0.39 is 0 Å². The van der Waals surface area contributed by atoms with Gasteiger partial charge in [0.1, 0.15) is 0 Å². The number of nitrogens with zero attached hydrogens (tertiary/aromatic N) is 4. The molecule has 1 amide bonds. The van der Waals surface area contributed by atoms with E-state index in [-0.39, 0.29) is 18.0 Å². The minimum Gasteiger partial charge on any atom is -0.348 e. The summed E-state index contributed by atoms with van der Waals surface area (Å²) in [5.74, 6) is 0.891. The topological polar surface area (TPSA) is 49.3 Å². The number of anilines is 1. The molecule has 0 N–H and O–H groups in total. The summed E-state index contributed by atoms with van der Waals surface area (Å²) in [5.41, 5.74) is 0.724. The molecule has 1 fully saturated rings. The molecule has 0 bridgehead atoms. The molecule has 2 heterocycles. The average Bonchev–Trinajstić information content (AvgIpc) is 2.70. The summed E-state index contributed by atoms with van der Waals surface area (Å²) in [6, 6.07) is 17.5. The molecule has 27 heavy (non-hydrogen) atoms. The fourth-order valence-electron chi connectivity index (χ4n) is 3.72. The number of hydrogen-bond acceptors (Lipinski definition) is 4. The maximum atomic E-state index is 12.9. The van der Waals surface area contributed by atoms with Gasteiger partial charge in [-0.3, -0.25) is 4.79 Å². The number of rotatable bonds is 2. The number of benzene rings is 2. The highest BCUT2D eigenvalue weighted by Gasteiger charge is 2.34. The lowest BCUT2D eigenvalue weighted by atomic mass is 10.0. The van der Waals surface area contributed by atoms with Crippen LogP contribution in [0.5, 0.6) is 0 Å². The largest absolute Gasteiger partial charge is 0.348 e. The Morgan fingerprint density at radius 3 is 2.33 bits per heavy atom. The van der Waals surface area contributed by atoms with Crippen LogP contribution in [0.25, 0.3) is 10.8 Å². The third-order valence-electron chi connectivity index (χ3n) is 5.16. The lowest BCUT2D eigenvalue weighted by molar-refractivity contribution is 0.0644. The van der Waals surface area contributed by atoms with Gasteiger partial charge in [0.25, 0.3) is 5.91 Å². The molecule has 3 aromatic rings. The molecule has 2 aromatic carbocycles. The number of fused-ring (bicyclic) bond motifs is 1. The number of carbonyl (C=O) groups is 1. The minimum atomic E-state index is 0.0603. The van der Waals surface area contributed by atoms with Crippen molar-refractivity contribution in [2.45, 2.75) is 25.9 Å². The second-order valence-electron chi connectivity index (χ2n) is 7.03. The molecule has 0 radical (unpaired) electrons. The smallest absolute Gasteiger partial charge is 0.254 e. The van der Waals surface area contributed by atoms with E-state index in [9.17, 15) is 4.79 Å². The standard InChI is InChI=1S/C21H21ClN4O/c1-14-13-26(21(27)16-8-4-3-5-9-16)15(2)12-25(14)20-18-11-7-6-10-17(18)19(22)23-24-20/h3-11,14-15H,12-13H2,1-2H3/t14?,15-/m0/s1. The lowest BCUT2D eigenvalue weighted by Crippen LogP contribution is -2.58. The van der Waals surface area contributed by atoms with Gasteiger partial charge in [-0.05, 0) is 26.0 Å². The maximum Gasteiger partial charge on any atom is 0.254 e. The van der Waals surface area contributed by atoms with E-state index in [2.05, 4.69) is 28.9 Å². The monoisotopic (exact) mass is 380 g/mol. The van der Waals surface area contributed by atoms with E-state index in [0.29, 0.717) is 18.2 Å². The quantitative estimate of drug-likeness (QED) is 0.673. The van der Waals surface area contributed by atoms with E-state index in [1.54, 1.807) is 0 Å². The van der Waals surface area contributed by atoms with Crippen molar-refractivity contribution in [2.24, 2.45) is 0 Å². The second kappa shape index (κ2) is 7.16. The van der Waals surface area contributed by atoms with Crippen LogP contribution in [0.15, 0.2) is 54.6 Å². The number of aromatic nitrogens is 2. The third-order valence-corrected chi connectivity index (χ3v) is 5.44. The average molecular weight is 381 g/mol. The number of amides is 1. The first kappa shape index (κ1) is 17.7. The first-order valence-corrected chi connectivity index (χ1v) is 9.47. The van der Waals surface area contributed by atoms with Gasteiger partial charge in [-0.2, -0.15) is 0 Å². The Kier molecular flexibility index (Phi) is 4.70. The Bertz CT molecular complexity index is 978. The van der Waals surface area contributed by atoms with Crippen molar-refractivity contribution < 1.29 is 4.79 Å². The fraction of sp³-hybridized carbons (Fsp3) is 0.286. The number of hydrogen-bond donors (Lipinski definition) is 0. The van der Waals surface area contributed by atoms with Crippen LogP contribution in [0.3, 0.4) is 0 Å². The zero-order valence-electron chi connectivity index (χ0n) is 15.3. The van der Waals surface area contributed by atoms with Crippen LogP contribution >= 0.6 is 11.6 Å². The van der Waals surface area contributed by atoms with Gasteiger partial charge < -0.3 is 9.80 Å². The van der Waals surface area contributed by atoms with Gasteiger partial charge in [-0.1, -0.05) is 54.1 Å². The second-order valence-corrected chi connectivity index (χ2v) is 7.39. The molecular formula is C21H21ClN4O. The summed E-state index contributed by atoms with van der Waals surface area (Å²) in [6.45, 7) is 5.51. The summed E-state index contributed by atoms with van der Waals surface area (Å²) < 4.78 is 0. The van der Waals surface area contributed by atoms with Gasteiger partial charge in [0.15, 0.2) is 11.0 Å². The molecule has 1 aliphatic rings. The SMILES string of the molecule is CC1CN(C(=O)c2ccccc2)[C@@H](C)CN1c1nnc(Cl)c2ccccc12. The van der Waals surface area contributed by atoms with Crippen molar-refractivity contribution in [3.8, 4) is 0 Å². The highest BCUT2D eigenvalue weighted by Crippen LogP contribution is 2.31. The van der Waals surface area contributed by atoms with E-state index in [1.165, 1.54) is 0 Å². The number of carbonyl (C=O) groups excluding carboxylic acids is 1. The maximum absolute atomic E-state index is 12.9.